The summed E-state index contributed by atoms with van der Waals surface area (Å²) in [5, 5.41) is 27.1. The number of H-pyrrole nitrogens is 2. The van der Waals surface area contributed by atoms with Crippen LogP contribution >= 0.6 is 81.2 Å². The van der Waals surface area contributed by atoms with Crippen molar-refractivity contribution in [2.45, 2.75) is 0 Å². The number of halogens is 7. The lowest BCUT2D eigenvalue weighted by Gasteiger charge is -2.12. The highest BCUT2D eigenvalue weighted by Crippen LogP contribution is 2.50. The molecule has 0 spiro atoms. The highest BCUT2D eigenvalue weighted by atomic mass is 35.5. The Balaban J connectivity index is 1.43. The third-order valence-corrected chi connectivity index (χ3v) is 14.3. The highest BCUT2D eigenvalue weighted by molar-refractivity contribution is 6.46. The number of nitrogens with zero attached hydrogens (tertiary/aromatic N) is 6. The number of aromatic nitrogens is 6. The van der Waals surface area contributed by atoms with Gasteiger partial charge in [0, 0.05) is 87.4 Å². The Kier molecular flexibility index (Phi) is 9.78. The van der Waals surface area contributed by atoms with Crippen LogP contribution in [0.15, 0.2) is 103 Å². The second kappa shape index (κ2) is 15.7. The van der Waals surface area contributed by atoms with Gasteiger partial charge < -0.3 is 9.97 Å². The van der Waals surface area contributed by atoms with E-state index < -0.39 is 0 Å². The van der Waals surface area contributed by atoms with Crippen LogP contribution in [0.5, 0.6) is 0 Å². The molecule has 0 unspecified atom stereocenters. The third-order valence-electron chi connectivity index (χ3n) is 12.1. The van der Waals surface area contributed by atoms with Crippen molar-refractivity contribution in [3.05, 3.63) is 161 Å². The van der Waals surface area contributed by atoms with E-state index in [0.717, 1.165) is 0 Å². The molecule has 0 aliphatic carbocycles. The van der Waals surface area contributed by atoms with Crippen molar-refractivity contribution in [2.75, 3.05) is 0 Å². The van der Waals surface area contributed by atoms with Gasteiger partial charge in [-0.1, -0.05) is 112 Å². The first-order valence-electron chi connectivity index (χ1n) is 20.3. The molecule has 0 saturated heterocycles. The van der Waals surface area contributed by atoms with Gasteiger partial charge in [0.05, 0.1) is 63.6 Å². The van der Waals surface area contributed by atoms with Gasteiger partial charge >= 0.3 is 0 Å². The molecule has 67 heavy (non-hydrogen) atoms. The minimum atomic E-state index is -0.120. The molecule has 0 saturated carbocycles. The molecule has 0 fully saturated rings. The molecule has 0 atom stereocenters. The second-order valence-electron chi connectivity index (χ2n) is 15.7. The van der Waals surface area contributed by atoms with E-state index in [-0.39, 0.29) is 11.4 Å². The summed E-state index contributed by atoms with van der Waals surface area (Å²) in [7, 11) is 0. The van der Waals surface area contributed by atoms with Crippen LogP contribution in [0.25, 0.3) is 122 Å². The van der Waals surface area contributed by atoms with Crippen molar-refractivity contribution in [3.63, 3.8) is 0 Å². The van der Waals surface area contributed by atoms with Gasteiger partial charge in [-0.3, -0.25) is 0 Å². The van der Waals surface area contributed by atoms with Crippen LogP contribution in [0, 0.1) is 22.7 Å². The molecule has 8 bridgehead atoms. The topological polar surface area (TPSA) is 131 Å². The van der Waals surface area contributed by atoms with E-state index >= 15 is 0 Å². The number of rotatable bonds is 3. The summed E-state index contributed by atoms with van der Waals surface area (Å²) in [6.45, 7) is 0. The van der Waals surface area contributed by atoms with Gasteiger partial charge in [-0.2, -0.15) is 10.5 Å². The molecule has 6 aromatic carbocycles. The smallest absolute Gasteiger partial charge is 0.177 e. The molecular formula is C52H21Cl7N8. The molecule has 6 heterocycles. The Hall–Kier alpha value is -6.69. The van der Waals surface area contributed by atoms with E-state index in [9.17, 15) is 10.5 Å². The number of fused-ring (bicyclic) bond motifs is 14. The van der Waals surface area contributed by atoms with Crippen LogP contribution in [-0.4, -0.2) is 29.9 Å². The van der Waals surface area contributed by atoms with Gasteiger partial charge in [0.25, 0.3) is 0 Å². The van der Waals surface area contributed by atoms with Crippen LogP contribution in [0.4, 0.5) is 0 Å². The minimum absolute atomic E-state index is 0.116. The maximum atomic E-state index is 10.2. The standard InChI is InChI=1S/C52H21Cl7N8/c53-24-6-1-5-22-40(24)48-35-17-15-33(63-35)46(43-25(54)7-2-8-26(43)55)31-13-14-32(62-31)47(44-27(56)9-3-10-28(44)57)34-16-18-36(64-34)49(45-29(58)11-4-12-30(45)59)50-23-19-37-51(41(22)42(23)52(48)67-50)66-39(21-61)38(20-60)65-37/h1-19,63-64H. The molecule has 0 amide bonds. The predicted octanol–water partition coefficient (Wildman–Crippen LogP) is 16.9. The minimum Gasteiger partial charge on any atom is -0.354 e. The molecule has 1 aliphatic heterocycles. The van der Waals surface area contributed by atoms with Crippen LogP contribution < -0.4 is 0 Å². The first kappa shape index (κ1) is 41.7. The van der Waals surface area contributed by atoms with Gasteiger partial charge in [0.1, 0.15) is 12.1 Å². The van der Waals surface area contributed by atoms with E-state index in [4.69, 9.17) is 101 Å². The summed E-state index contributed by atoms with van der Waals surface area (Å²) < 4.78 is 0. The number of benzene rings is 6. The fourth-order valence-electron chi connectivity index (χ4n) is 9.42. The largest absolute Gasteiger partial charge is 0.354 e. The highest BCUT2D eigenvalue weighted by Gasteiger charge is 2.27. The summed E-state index contributed by atoms with van der Waals surface area (Å²) >= 11 is 49.9. The van der Waals surface area contributed by atoms with Crippen molar-refractivity contribution < 1.29 is 0 Å². The zero-order valence-corrected chi connectivity index (χ0v) is 39.1. The summed E-state index contributed by atoms with van der Waals surface area (Å²) in [4.78, 5) is 27.8. The monoisotopic (exact) mass is 1000 g/mol. The van der Waals surface area contributed by atoms with E-state index in [1.54, 1.807) is 54.6 Å². The van der Waals surface area contributed by atoms with E-state index in [1.165, 1.54) is 0 Å². The average molecular weight is 1010 g/mol. The van der Waals surface area contributed by atoms with Crippen molar-refractivity contribution in [1.82, 2.24) is 29.9 Å². The molecule has 5 aromatic heterocycles. The zero-order valence-electron chi connectivity index (χ0n) is 33.8. The molecule has 8 nitrogen and oxygen atoms in total. The Labute approximate surface area is 413 Å². The van der Waals surface area contributed by atoms with Crippen LogP contribution in [-0.2, 0) is 0 Å². The lowest BCUT2D eigenvalue weighted by Crippen LogP contribution is -1.97. The summed E-state index contributed by atoms with van der Waals surface area (Å²) in [5.74, 6) is 0. The summed E-state index contributed by atoms with van der Waals surface area (Å²) in [5.41, 5.74) is 8.46. The fourth-order valence-corrected chi connectivity index (χ4v) is 11.4. The maximum absolute atomic E-state index is 10.2. The molecule has 15 heteroatoms. The molecule has 318 valence electrons. The van der Waals surface area contributed by atoms with E-state index in [2.05, 4.69) is 16.0 Å². The van der Waals surface area contributed by atoms with Gasteiger partial charge in [0.15, 0.2) is 11.4 Å². The van der Waals surface area contributed by atoms with Crippen molar-refractivity contribution in [2.24, 2.45) is 0 Å². The number of nitriles is 2. The predicted molar refractivity (Wildman–Crippen MR) is 276 cm³/mol. The van der Waals surface area contributed by atoms with Gasteiger partial charge in [-0.25, -0.2) is 19.9 Å². The Morgan fingerprint density at radius 1 is 0.373 bits per heavy atom. The van der Waals surface area contributed by atoms with Crippen molar-refractivity contribution >= 4 is 170 Å². The lowest BCUT2D eigenvalue weighted by atomic mass is 9.94. The number of hydrogen-bond donors (Lipinski definition) is 2. The molecule has 12 rings (SSSR count). The van der Waals surface area contributed by atoms with Gasteiger partial charge in [-0.05, 0) is 90.3 Å². The normalized spacial score (nSPS) is 12.0. The molecular weight excluding hydrogens is 985 g/mol. The zero-order chi connectivity index (χ0) is 46.0. The Bertz CT molecular complexity index is 4230. The fraction of sp³-hybridized carbons (Fsp3) is 0. The maximum Gasteiger partial charge on any atom is 0.177 e. The van der Waals surface area contributed by atoms with Gasteiger partial charge in [-0.15, -0.1) is 0 Å². The van der Waals surface area contributed by atoms with Crippen molar-refractivity contribution in [3.8, 4) is 45.5 Å². The lowest BCUT2D eigenvalue weighted by molar-refractivity contribution is 1.20. The van der Waals surface area contributed by atoms with Crippen LogP contribution in [0.2, 0.25) is 35.2 Å². The van der Waals surface area contributed by atoms with Crippen molar-refractivity contribution in [1.29, 1.82) is 10.5 Å². The summed E-state index contributed by atoms with van der Waals surface area (Å²) in [6, 6.07) is 35.3. The molecule has 1 aliphatic rings. The number of nitrogens with one attached hydrogen (secondary N) is 2. The quantitative estimate of drug-likeness (QED) is 0.170. The first-order chi connectivity index (χ1) is 32.5. The third kappa shape index (κ3) is 6.27. The number of aromatic amines is 2. The Morgan fingerprint density at radius 2 is 0.821 bits per heavy atom. The molecule has 11 aromatic rings. The van der Waals surface area contributed by atoms with Crippen LogP contribution in [0.1, 0.15) is 22.8 Å². The SMILES string of the molecule is N#Cc1nc2cc3c4nc5c(c6ccc([nH]6)c(-c6c(Cl)cccc6Cl)c6nc(c(-c7c(Cl)cccc7Cl)c7ccc([nH]7)c4-c4c(Cl)cccc4Cl)C=C6)c4c(Cl)cccc4c(c2nc1C#N)c35. The molecule has 2 N–H and O–H groups in total. The van der Waals surface area contributed by atoms with Gasteiger partial charge in [0.2, 0.25) is 0 Å². The first-order valence-corrected chi connectivity index (χ1v) is 23.0. The Morgan fingerprint density at radius 3 is 1.37 bits per heavy atom. The van der Waals surface area contributed by atoms with Crippen LogP contribution in [0.3, 0.4) is 0 Å². The summed E-state index contributed by atoms with van der Waals surface area (Å²) in [6.07, 6.45) is 3.81. The van der Waals surface area contributed by atoms with E-state index in [1.807, 2.05) is 66.8 Å². The number of hydrogen-bond acceptors (Lipinski definition) is 6. The molecule has 0 radical (unpaired) electrons. The average Bonchev–Trinajstić information content (AvgIpc) is 4.16. The second-order valence-corrected chi connectivity index (χ2v) is 18.6. The van der Waals surface area contributed by atoms with E-state index in [0.29, 0.717) is 156 Å².